The number of benzene rings is 1. The molecule has 1 atom stereocenters. The van der Waals surface area contributed by atoms with Gasteiger partial charge in [-0.25, -0.2) is 4.79 Å². The summed E-state index contributed by atoms with van der Waals surface area (Å²) < 4.78 is 7.48. The van der Waals surface area contributed by atoms with Crippen molar-refractivity contribution in [2.75, 3.05) is 17.7 Å². The van der Waals surface area contributed by atoms with Crippen LogP contribution in [0.4, 0.5) is 11.4 Å². The van der Waals surface area contributed by atoms with Crippen LogP contribution in [0.2, 0.25) is 0 Å². The molecule has 10 heteroatoms. The summed E-state index contributed by atoms with van der Waals surface area (Å²) >= 11 is 1.26. The SMILES string of the molecule is O=C(CSc1nc(=O)n(C[C@@H]2CCCO2)c2c1CCCC2)Nc1ccc([N+](=O)[O-])cc1. The highest BCUT2D eigenvalue weighted by molar-refractivity contribution is 8.00. The molecule has 0 unspecified atom stereocenters. The fraction of sp³-hybridized carbons (Fsp3) is 0.476. The first-order chi connectivity index (χ1) is 15.0. The molecule has 1 aliphatic heterocycles. The van der Waals surface area contributed by atoms with E-state index in [9.17, 15) is 19.7 Å². The number of fused-ring (bicyclic) bond motifs is 1. The summed E-state index contributed by atoms with van der Waals surface area (Å²) in [6.45, 7) is 1.28. The fourth-order valence-corrected chi connectivity index (χ4v) is 4.92. The van der Waals surface area contributed by atoms with Gasteiger partial charge in [0, 0.05) is 35.7 Å². The zero-order valence-corrected chi connectivity index (χ0v) is 17.9. The molecule has 0 bridgehead atoms. The third-order valence-electron chi connectivity index (χ3n) is 5.56. The molecule has 2 aromatic rings. The minimum atomic E-state index is -0.489. The Balaban J connectivity index is 1.45. The zero-order chi connectivity index (χ0) is 21.8. The van der Waals surface area contributed by atoms with Gasteiger partial charge in [-0.2, -0.15) is 4.98 Å². The minimum absolute atomic E-state index is 0.0354. The summed E-state index contributed by atoms with van der Waals surface area (Å²) in [5.74, 6) is -0.153. The molecule has 1 aromatic carbocycles. The number of ether oxygens (including phenoxy) is 1. The average molecular weight is 445 g/mol. The molecule has 0 spiro atoms. The Kier molecular flexibility index (Phi) is 6.67. The summed E-state index contributed by atoms with van der Waals surface area (Å²) in [4.78, 5) is 39.7. The molecule has 1 amide bonds. The van der Waals surface area contributed by atoms with Crippen LogP contribution in [-0.4, -0.2) is 38.8 Å². The van der Waals surface area contributed by atoms with E-state index in [1.165, 1.54) is 36.0 Å². The first-order valence-corrected chi connectivity index (χ1v) is 11.4. The number of carbonyl (C=O) groups is 1. The van der Waals surface area contributed by atoms with Crippen molar-refractivity contribution in [3.63, 3.8) is 0 Å². The van der Waals surface area contributed by atoms with Gasteiger partial charge in [-0.15, -0.1) is 0 Å². The van der Waals surface area contributed by atoms with Crippen LogP contribution < -0.4 is 11.0 Å². The van der Waals surface area contributed by atoms with Crippen LogP contribution >= 0.6 is 11.8 Å². The van der Waals surface area contributed by atoms with Gasteiger partial charge in [0.25, 0.3) is 5.69 Å². The van der Waals surface area contributed by atoms with Crippen molar-refractivity contribution in [2.24, 2.45) is 0 Å². The Morgan fingerprint density at radius 1 is 1.26 bits per heavy atom. The number of non-ortho nitro benzene ring substituents is 1. The number of anilines is 1. The molecule has 1 fully saturated rings. The molecule has 9 nitrogen and oxygen atoms in total. The van der Waals surface area contributed by atoms with E-state index >= 15 is 0 Å². The van der Waals surface area contributed by atoms with Crippen LogP contribution in [0.3, 0.4) is 0 Å². The van der Waals surface area contributed by atoms with Crippen molar-refractivity contribution in [2.45, 2.75) is 56.2 Å². The first kappa shape index (κ1) is 21.5. The number of carbonyl (C=O) groups excluding carboxylic acids is 1. The molecule has 0 radical (unpaired) electrons. The second-order valence-corrected chi connectivity index (χ2v) is 8.68. The smallest absolute Gasteiger partial charge is 0.348 e. The highest BCUT2D eigenvalue weighted by atomic mass is 32.2. The van der Waals surface area contributed by atoms with Gasteiger partial charge in [0.1, 0.15) is 5.03 Å². The lowest BCUT2D eigenvalue weighted by atomic mass is 9.97. The third kappa shape index (κ3) is 5.13. The van der Waals surface area contributed by atoms with Crippen LogP contribution in [0.1, 0.15) is 36.9 Å². The van der Waals surface area contributed by atoms with Crippen molar-refractivity contribution in [3.05, 3.63) is 56.1 Å². The van der Waals surface area contributed by atoms with Gasteiger partial charge >= 0.3 is 5.69 Å². The van der Waals surface area contributed by atoms with Crippen molar-refractivity contribution in [1.82, 2.24) is 9.55 Å². The number of hydrogen-bond acceptors (Lipinski definition) is 7. The monoisotopic (exact) mass is 444 g/mol. The van der Waals surface area contributed by atoms with Gasteiger partial charge in [-0.1, -0.05) is 11.8 Å². The molecule has 164 valence electrons. The van der Waals surface area contributed by atoms with Crippen LogP contribution in [0.25, 0.3) is 0 Å². The van der Waals surface area contributed by atoms with E-state index in [-0.39, 0.29) is 29.1 Å². The van der Waals surface area contributed by atoms with Crippen molar-refractivity contribution < 1.29 is 14.5 Å². The lowest BCUT2D eigenvalue weighted by Gasteiger charge is -2.24. The van der Waals surface area contributed by atoms with Gasteiger partial charge < -0.3 is 10.1 Å². The maximum atomic E-state index is 12.7. The normalized spacial score (nSPS) is 17.9. The molecule has 1 saturated heterocycles. The molecule has 2 heterocycles. The van der Waals surface area contributed by atoms with Gasteiger partial charge in [-0.05, 0) is 50.7 Å². The van der Waals surface area contributed by atoms with E-state index < -0.39 is 4.92 Å². The first-order valence-electron chi connectivity index (χ1n) is 10.4. The van der Waals surface area contributed by atoms with E-state index in [0.29, 0.717) is 17.3 Å². The number of nitrogens with one attached hydrogen (secondary N) is 1. The Morgan fingerprint density at radius 3 is 2.74 bits per heavy atom. The van der Waals surface area contributed by atoms with Gasteiger partial charge in [0.15, 0.2) is 0 Å². The van der Waals surface area contributed by atoms with Crippen LogP contribution in [0, 0.1) is 10.1 Å². The number of hydrogen-bond donors (Lipinski definition) is 1. The summed E-state index contributed by atoms with van der Waals surface area (Å²) in [7, 11) is 0. The number of nitro benzene ring substituents is 1. The Morgan fingerprint density at radius 2 is 2.03 bits per heavy atom. The number of thioether (sulfide) groups is 1. The van der Waals surface area contributed by atoms with Crippen molar-refractivity contribution in [3.8, 4) is 0 Å². The number of nitrogens with zero attached hydrogens (tertiary/aromatic N) is 3. The number of aromatic nitrogens is 2. The van der Waals surface area contributed by atoms with Crippen LogP contribution in [0.15, 0.2) is 34.1 Å². The largest absolute Gasteiger partial charge is 0.376 e. The maximum Gasteiger partial charge on any atom is 0.348 e. The Bertz CT molecular complexity index is 1030. The summed E-state index contributed by atoms with van der Waals surface area (Å²) in [5.41, 5.74) is 2.26. The van der Waals surface area contributed by atoms with E-state index in [1.807, 2.05) is 0 Å². The molecule has 31 heavy (non-hydrogen) atoms. The summed E-state index contributed by atoms with van der Waals surface area (Å²) in [6.07, 6.45) is 5.80. The second-order valence-electron chi connectivity index (χ2n) is 7.72. The second kappa shape index (κ2) is 9.61. The molecule has 1 aromatic heterocycles. The number of nitro groups is 1. The molecule has 4 rings (SSSR count). The Hall–Kier alpha value is -2.72. The number of rotatable bonds is 7. The predicted molar refractivity (Wildman–Crippen MR) is 117 cm³/mol. The van der Waals surface area contributed by atoms with Crippen molar-refractivity contribution >= 4 is 29.0 Å². The van der Waals surface area contributed by atoms with Gasteiger partial charge in [0.2, 0.25) is 5.91 Å². The topological polar surface area (TPSA) is 116 Å². The van der Waals surface area contributed by atoms with Crippen LogP contribution in [-0.2, 0) is 28.9 Å². The van der Waals surface area contributed by atoms with E-state index in [4.69, 9.17) is 4.74 Å². The predicted octanol–water partition coefficient (Wildman–Crippen LogP) is 2.94. The quantitative estimate of drug-likeness (QED) is 0.302. The van der Waals surface area contributed by atoms with E-state index in [0.717, 1.165) is 56.4 Å². The lowest BCUT2D eigenvalue weighted by Crippen LogP contribution is -2.34. The summed E-state index contributed by atoms with van der Waals surface area (Å²) in [6, 6.07) is 5.67. The zero-order valence-electron chi connectivity index (χ0n) is 17.0. The van der Waals surface area contributed by atoms with Crippen molar-refractivity contribution in [1.29, 1.82) is 0 Å². The minimum Gasteiger partial charge on any atom is -0.376 e. The third-order valence-corrected chi connectivity index (χ3v) is 6.58. The highest BCUT2D eigenvalue weighted by Gasteiger charge is 2.24. The van der Waals surface area contributed by atoms with Gasteiger partial charge in [0.05, 0.1) is 23.3 Å². The van der Waals surface area contributed by atoms with Gasteiger partial charge in [-0.3, -0.25) is 19.5 Å². The molecular formula is C21H24N4O5S. The Labute approximate surface area is 183 Å². The molecule has 1 N–H and O–H groups in total. The summed E-state index contributed by atoms with van der Waals surface area (Å²) in [5, 5.41) is 14.1. The highest BCUT2D eigenvalue weighted by Crippen LogP contribution is 2.29. The van der Waals surface area contributed by atoms with Crippen LogP contribution in [0.5, 0.6) is 0 Å². The molecular weight excluding hydrogens is 420 g/mol. The molecule has 2 aliphatic rings. The fourth-order valence-electron chi connectivity index (χ4n) is 4.04. The number of amides is 1. The molecule has 1 aliphatic carbocycles. The average Bonchev–Trinajstić information content (AvgIpc) is 3.28. The standard InChI is InChI=1S/C21H24N4O5S/c26-19(22-14-7-9-15(10-8-14)25(28)29)13-31-20-17-5-1-2-6-18(17)24(21(27)23-20)12-16-4-3-11-30-16/h7-10,16H,1-6,11-13H2,(H,22,26)/t16-/m0/s1. The van der Waals surface area contributed by atoms with E-state index in [1.54, 1.807) is 4.57 Å². The van der Waals surface area contributed by atoms with E-state index in [2.05, 4.69) is 10.3 Å². The molecule has 0 saturated carbocycles. The lowest BCUT2D eigenvalue weighted by molar-refractivity contribution is -0.384. The maximum absolute atomic E-state index is 12.7.